The van der Waals surface area contributed by atoms with Gasteiger partial charge in [-0.2, -0.15) is 8.78 Å². The van der Waals surface area contributed by atoms with E-state index in [1.165, 1.54) is 0 Å². The number of halogens is 2. The van der Waals surface area contributed by atoms with E-state index in [1.807, 2.05) is 0 Å². The summed E-state index contributed by atoms with van der Waals surface area (Å²) in [6.07, 6.45) is -0.531. The number of hydrogen-bond donors (Lipinski definition) is 0. The van der Waals surface area contributed by atoms with Crippen LogP contribution in [0, 0.1) is 5.41 Å². The number of ether oxygens (including phenoxy) is 1. The third kappa shape index (κ3) is 2.91. The summed E-state index contributed by atoms with van der Waals surface area (Å²) in [5, 5.41) is 0. The third-order valence-electron chi connectivity index (χ3n) is 2.70. The molecule has 0 spiro atoms. The van der Waals surface area contributed by atoms with Crippen LogP contribution in [0.3, 0.4) is 0 Å². The lowest BCUT2D eigenvalue weighted by molar-refractivity contribution is -0.180. The Morgan fingerprint density at radius 3 is 2.33 bits per heavy atom. The highest BCUT2D eigenvalue weighted by Crippen LogP contribution is 2.35. The van der Waals surface area contributed by atoms with Crippen molar-refractivity contribution in [3.8, 4) is 0 Å². The maximum atomic E-state index is 13.2. The first-order valence-corrected chi connectivity index (χ1v) is 5.36. The number of carbonyl (C=O) groups excluding carboxylic acids is 2. The second-order valence-corrected chi connectivity index (χ2v) is 4.43. The van der Waals surface area contributed by atoms with Crippen molar-refractivity contribution >= 4 is 12.3 Å². The van der Waals surface area contributed by atoms with Crippen LogP contribution in [0.15, 0.2) is 30.3 Å². The van der Waals surface area contributed by atoms with Crippen LogP contribution < -0.4 is 0 Å². The van der Waals surface area contributed by atoms with Gasteiger partial charge in [0.25, 0.3) is 0 Å². The molecule has 18 heavy (non-hydrogen) atoms. The lowest BCUT2D eigenvalue weighted by Gasteiger charge is -2.27. The zero-order chi connectivity index (χ0) is 13.8. The number of alkyl halides is 2. The third-order valence-corrected chi connectivity index (χ3v) is 2.70. The van der Waals surface area contributed by atoms with Gasteiger partial charge in [-0.15, -0.1) is 0 Å². The van der Waals surface area contributed by atoms with E-state index in [1.54, 1.807) is 30.3 Å². The molecule has 0 aliphatic carbocycles. The second kappa shape index (κ2) is 5.25. The number of aldehydes is 1. The van der Waals surface area contributed by atoms with Crippen molar-refractivity contribution in [3.05, 3.63) is 35.9 Å². The zero-order valence-electron chi connectivity index (χ0n) is 10.2. The van der Waals surface area contributed by atoms with Crippen LogP contribution in [0.5, 0.6) is 0 Å². The summed E-state index contributed by atoms with van der Waals surface area (Å²) in [5.41, 5.74) is -1.49. The monoisotopic (exact) mass is 256 g/mol. The highest BCUT2D eigenvalue weighted by atomic mass is 19.3. The number of rotatable bonds is 5. The smallest absolute Gasteiger partial charge is 0.318 e. The molecular formula is C13H14F2O3. The molecular weight excluding hydrogens is 242 g/mol. The molecule has 5 heteroatoms. The highest BCUT2D eigenvalue weighted by Gasteiger charge is 2.53. The van der Waals surface area contributed by atoms with Crippen LogP contribution in [0.25, 0.3) is 0 Å². The van der Waals surface area contributed by atoms with Crippen LogP contribution in [0.4, 0.5) is 8.78 Å². The van der Waals surface area contributed by atoms with Crippen molar-refractivity contribution < 1.29 is 23.1 Å². The van der Waals surface area contributed by atoms with Crippen LogP contribution >= 0.6 is 0 Å². The van der Waals surface area contributed by atoms with Gasteiger partial charge in [0.05, 0.1) is 0 Å². The average Bonchev–Trinajstić information content (AvgIpc) is 2.36. The van der Waals surface area contributed by atoms with E-state index in [0.717, 1.165) is 13.8 Å². The van der Waals surface area contributed by atoms with Gasteiger partial charge in [0.15, 0.2) is 6.29 Å². The Morgan fingerprint density at radius 2 is 1.83 bits per heavy atom. The van der Waals surface area contributed by atoms with E-state index < -0.39 is 23.6 Å². The summed E-state index contributed by atoms with van der Waals surface area (Å²) in [6.45, 7) is 1.86. The molecule has 0 aromatic heterocycles. The molecule has 0 saturated carbocycles. The van der Waals surface area contributed by atoms with Crippen molar-refractivity contribution in [1.29, 1.82) is 0 Å². The van der Waals surface area contributed by atoms with Crippen molar-refractivity contribution in [1.82, 2.24) is 0 Å². The van der Waals surface area contributed by atoms with Crippen LogP contribution in [0.1, 0.15) is 19.4 Å². The Morgan fingerprint density at radius 1 is 1.28 bits per heavy atom. The van der Waals surface area contributed by atoms with E-state index in [-0.39, 0.29) is 6.61 Å². The fraction of sp³-hybridized carbons (Fsp3) is 0.385. The summed E-state index contributed by atoms with van der Waals surface area (Å²) in [4.78, 5) is 21.9. The first-order chi connectivity index (χ1) is 8.31. The van der Waals surface area contributed by atoms with Gasteiger partial charge in [0.1, 0.15) is 12.0 Å². The van der Waals surface area contributed by atoms with Gasteiger partial charge in [0.2, 0.25) is 0 Å². The van der Waals surface area contributed by atoms with Gasteiger partial charge in [-0.25, -0.2) is 0 Å². The summed E-state index contributed by atoms with van der Waals surface area (Å²) < 4.78 is 31.3. The molecule has 1 aromatic carbocycles. The molecule has 1 rings (SSSR count). The fourth-order valence-electron chi connectivity index (χ4n) is 1.19. The van der Waals surface area contributed by atoms with Gasteiger partial charge in [-0.05, 0) is 19.4 Å². The normalized spacial score (nSPS) is 12.0. The van der Waals surface area contributed by atoms with E-state index in [2.05, 4.69) is 0 Å². The van der Waals surface area contributed by atoms with Gasteiger partial charge in [0, 0.05) is 0 Å². The Bertz CT molecular complexity index is 427. The molecule has 0 bridgehead atoms. The lowest BCUT2D eigenvalue weighted by Crippen LogP contribution is -2.45. The Labute approximate surface area is 104 Å². The Hall–Kier alpha value is -1.78. The van der Waals surface area contributed by atoms with Crippen molar-refractivity contribution in [2.24, 2.45) is 5.41 Å². The maximum absolute atomic E-state index is 13.2. The minimum atomic E-state index is -3.75. The predicted octanol–water partition coefficient (Wildman–Crippen LogP) is 2.59. The van der Waals surface area contributed by atoms with Gasteiger partial charge in [-0.1, -0.05) is 30.3 Å². The molecule has 3 nitrogen and oxygen atoms in total. The molecule has 0 aliphatic heterocycles. The average molecular weight is 256 g/mol. The zero-order valence-corrected chi connectivity index (χ0v) is 10.2. The van der Waals surface area contributed by atoms with E-state index >= 15 is 0 Å². The van der Waals surface area contributed by atoms with Crippen LogP contribution in [-0.2, 0) is 20.9 Å². The SMILES string of the molecule is CC(C)(C(=O)OCc1ccccc1)C(F)(F)C=O. The number of esters is 1. The highest BCUT2D eigenvalue weighted by molar-refractivity contribution is 5.82. The number of hydrogen-bond acceptors (Lipinski definition) is 3. The molecule has 0 heterocycles. The quantitative estimate of drug-likeness (QED) is 0.600. The molecule has 0 unspecified atom stereocenters. The van der Waals surface area contributed by atoms with Crippen LogP contribution in [0.2, 0.25) is 0 Å². The summed E-state index contributed by atoms with van der Waals surface area (Å²) in [5.74, 6) is -4.86. The van der Waals surface area contributed by atoms with E-state index in [9.17, 15) is 18.4 Å². The fourth-order valence-corrected chi connectivity index (χ4v) is 1.19. The lowest BCUT2D eigenvalue weighted by atomic mass is 9.86. The standard InChI is InChI=1S/C13H14F2O3/c1-12(2,13(14,15)9-16)11(17)18-8-10-6-4-3-5-7-10/h3-7,9H,8H2,1-2H3. The number of carbonyl (C=O) groups is 2. The molecule has 0 saturated heterocycles. The Balaban J connectivity index is 2.69. The Kier molecular flexibility index (Phi) is 4.16. The minimum Gasteiger partial charge on any atom is -0.460 e. The second-order valence-electron chi connectivity index (χ2n) is 4.43. The largest absolute Gasteiger partial charge is 0.460 e. The first-order valence-electron chi connectivity index (χ1n) is 5.36. The molecule has 0 radical (unpaired) electrons. The van der Waals surface area contributed by atoms with Gasteiger partial charge < -0.3 is 4.74 Å². The maximum Gasteiger partial charge on any atom is 0.318 e. The molecule has 0 fully saturated rings. The first kappa shape index (κ1) is 14.3. The predicted molar refractivity (Wildman–Crippen MR) is 61.0 cm³/mol. The van der Waals surface area contributed by atoms with E-state index in [4.69, 9.17) is 4.74 Å². The van der Waals surface area contributed by atoms with Crippen molar-refractivity contribution in [2.45, 2.75) is 26.4 Å². The van der Waals surface area contributed by atoms with Crippen LogP contribution in [-0.4, -0.2) is 18.2 Å². The molecule has 0 amide bonds. The summed E-state index contributed by atoms with van der Waals surface area (Å²) in [7, 11) is 0. The number of benzene rings is 1. The minimum absolute atomic E-state index is 0.0992. The topological polar surface area (TPSA) is 43.4 Å². The molecule has 98 valence electrons. The van der Waals surface area contributed by atoms with Crippen molar-refractivity contribution in [3.63, 3.8) is 0 Å². The van der Waals surface area contributed by atoms with Crippen molar-refractivity contribution in [2.75, 3.05) is 0 Å². The van der Waals surface area contributed by atoms with Gasteiger partial charge in [-0.3, -0.25) is 9.59 Å². The molecule has 1 aromatic rings. The molecule has 0 N–H and O–H groups in total. The summed E-state index contributed by atoms with van der Waals surface area (Å²) >= 11 is 0. The van der Waals surface area contributed by atoms with Gasteiger partial charge >= 0.3 is 11.9 Å². The molecule has 0 aliphatic rings. The van der Waals surface area contributed by atoms with E-state index in [0.29, 0.717) is 5.56 Å². The summed E-state index contributed by atoms with van der Waals surface area (Å²) in [6, 6.07) is 8.69. The molecule has 0 atom stereocenters.